The Morgan fingerprint density at radius 3 is 2.41 bits per heavy atom. The first-order chi connectivity index (χ1) is 15.5. The average molecular weight is 437 g/mol. The van der Waals surface area contributed by atoms with Gasteiger partial charge in [-0.05, 0) is 66.6 Å². The summed E-state index contributed by atoms with van der Waals surface area (Å²) in [6.07, 6.45) is 3.84. The van der Waals surface area contributed by atoms with Crippen LogP contribution in [-0.4, -0.2) is 34.9 Å². The zero-order valence-electron chi connectivity index (χ0n) is 18.3. The van der Waals surface area contributed by atoms with Crippen molar-refractivity contribution in [1.29, 1.82) is 0 Å². The smallest absolute Gasteiger partial charge is 0.247 e. The second kappa shape index (κ2) is 9.77. The zero-order valence-corrected chi connectivity index (χ0v) is 18.3. The Hall–Kier alpha value is -2.80. The summed E-state index contributed by atoms with van der Waals surface area (Å²) in [5.74, 6) is -0.262. The first-order valence-corrected chi connectivity index (χ1v) is 11.0. The number of benzene rings is 2. The number of rotatable bonds is 7. The molecule has 6 heteroatoms. The van der Waals surface area contributed by atoms with Gasteiger partial charge < -0.3 is 14.8 Å². The molecular formula is C26H29FN2O3. The Labute approximate surface area is 187 Å². The van der Waals surface area contributed by atoms with Crippen LogP contribution in [0.25, 0.3) is 11.1 Å². The summed E-state index contributed by atoms with van der Waals surface area (Å²) >= 11 is 0. The Morgan fingerprint density at radius 1 is 1.09 bits per heavy atom. The van der Waals surface area contributed by atoms with Crippen molar-refractivity contribution in [1.82, 2.24) is 9.88 Å². The van der Waals surface area contributed by atoms with Crippen LogP contribution in [0.15, 0.2) is 71.7 Å². The number of aliphatic hydroxyl groups is 1. The van der Waals surface area contributed by atoms with Gasteiger partial charge in [0.1, 0.15) is 12.5 Å². The summed E-state index contributed by atoms with van der Waals surface area (Å²) in [4.78, 5) is 16.3. The minimum absolute atomic E-state index is 0.105. The Morgan fingerprint density at radius 2 is 1.81 bits per heavy atom. The molecular weight excluding hydrogens is 407 g/mol. The number of hydrogen-bond acceptors (Lipinski definition) is 4. The summed E-state index contributed by atoms with van der Waals surface area (Å²) in [7, 11) is 0. The predicted octanol–water partition coefficient (Wildman–Crippen LogP) is 4.59. The molecule has 2 N–H and O–H groups in total. The van der Waals surface area contributed by atoms with E-state index in [0.29, 0.717) is 19.6 Å². The second-order valence-electron chi connectivity index (χ2n) is 8.40. The molecule has 1 aliphatic rings. The van der Waals surface area contributed by atoms with Crippen molar-refractivity contribution in [2.24, 2.45) is 0 Å². The van der Waals surface area contributed by atoms with Gasteiger partial charge in [-0.15, -0.1) is 0 Å². The SMILES string of the molecule is C[C@@H](c1ccc(-c2ccc(=O)[nH]c2)cc1)N1CC[C@](CCCO)(c2ccc(F)cc2)OC1. The molecule has 2 aromatic carbocycles. The Balaban J connectivity index is 1.45. The van der Waals surface area contributed by atoms with E-state index in [2.05, 4.69) is 41.1 Å². The van der Waals surface area contributed by atoms with E-state index in [4.69, 9.17) is 4.74 Å². The van der Waals surface area contributed by atoms with Gasteiger partial charge in [0.15, 0.2) is 0 Å². The minimum atomic E-state index is -0.499. The third kappa shape index (κ3) is 4.83. The highest BCUT2D eigenvalue weighted by atomic mass is 19.1. The van der Waals surface area contributed by atoms with Crippen molar-refractivity contribution in [2.75, 3.05) is 19.9 Å². The number of nitrogens with one attached hydrogen (secondary N) is 1. The van der Waals surface area contributed by atoms with E-state index < -0.39 is 5.60 Å². The summed E-state index contributed by atoms with van der Waals surface area (Å²) in [6, 6.07) is 18.4. The van der Waals surface area contributed by atoms with Gasteiger partial charge >= 0.3 is 0 Å². The van der Waals surface area contributed by atoms with E-state index >= 15 is 0 Å². The standard InChI is InChI=1S/C26H29FN2O3/c1-19(20-3-5-21(6-4-20)22-7-12-25(31)28-17-22)29-15-14-26(32-18-29,13-2-16-30)23-8-10-24(27)11-9-23/h3-12,17,19,30H,2,13-16,18H2,1H3,(H,28,31)/t19-,26+/m0/s1. The lowest BCUT2D eigenvalue weighted by Gasteiger charge is -2.44. The molecule has 3 aromatic rings. The van der Waals surface area contributed by atoms with Gasteiger partial charge in [-0.1, -0.05) is 36.4 Å². The molecule has 0 saturated carbocycles. The molecule has 32 heavy (non-hydrogen) atoms. The van der Waals surface area contributed by atoms with Crippen LogP contribution in [0.1, 0.15) is 43.4 Å². The van der Waals surface area contributed by atoms with E-state index in [1.807, 2.05) is 6.07 Å². The molecule has 2 heterocycles. The molecule has 0 amide bonds. The van der Waals surface area contributed by atoms with Gasteiger partial charge in [0, 0.05) is 31.5 Å². The van der Waals surface area contributed by atoms with Crippen LogP contribution in [-0.2, 0) is 10.3 Å². The number of aliphatic hydroxyl groups excluding tert-OH is 1. The highest BCUT2D eigenvalue weighted by molar-refractivity contribution is 5.62. The average Bonchev–Trinajstić information content (AvgIpc) is 2.84. The monoisotopic (exact) mass is 436 g/mol. The van der Waals surface area contributed by atoms with Gasteiger partial charge in [0.2, 0.25) is 5.56 Å². The molecule has 0 spiro atoms. The van der Waals surface area contributed by atoms with E-state index in [1.54, 1.807) is 18.3 Å². The van der Waals surface area contributed by atoms with Crippen molar-refractivity contribution in [3.8, 4) is 11.1 Å². The topological polar surface area (TPSA) is 65.6 Å². The highest BCUT2D eigenvalue weighted by Gasteiger charge is 2.38. The maximum atomic E-state index is 13.4. The molecule has 0 unspecified atom stereocenters. The highest BCUT2D eigenvalue weighted by Crippen LogP contribution is 2.39. The van der Waals surface area contributed by atoms with E-state index in [-0.39, 0.29) is 24.0 Å². The summed E-state index contributed by atoms with van der Waals surface area (Å²) in [5, 5.41) is 9.37. The molecule has 5 nitrogen and oxygen atoms in total. The molecule has 0 aliphatic carbocycles. The Bertz CT molecular complexity index is 1050. The van der Waals surface area contributed by atoms with Gasteiger partial charge in [0.05, 0.1) is 5.60 Å². The molecule has 0 radical (unpaired) electrons. The van der Waals surface area contributed by atoms with Crippen molar-refractivity contribution in [3.63, 3.8) is 0 Å². The van der Waals surface area contributed by atoms with Crippen molar-refractivity contribution in [2.45, 2.75) is 37.8 Å². The molecule has 168 valence electrons. The molecule has 1 aromatic heterocycles. The number of H-pyrrole nitrogens is 1. The summed E-state index contributed by atoms with van der Waals surface area (Å²) < 4.78 is 19.8. The van der Waals surface area contributed by atoms with E-state index in [0.717, 1.165) is 29.7 Å². The predicted molar refractivity (Wildman–Crippen MR) is 123 cm³/mol. The molecule has 1 aliphatic heterocycles. The number of halogens is 1. The number of nitrogens with zero attached hydrogens (tertiary/aromatic N) is 1. The van der Waals surface area contributed by atoms with Gasteiger partial charge in [-0.25, -0.2) is 4.39 Å². The van der Waals surface area contributed by atoms with Gasteiger partial charge in [-0.3, -0.25) is 9.69 Å². The normalized spacial score (nSPS) is 20.2. The number of aromatic nitrogens is 1. The maximum Gasteiger partial charge on any atom is 0.247 e. The lowest BCUT2D eigenvalue weighted by atomic mass is 9.84. The molecule has 1 fully saturated rings. The first-order valence-electron chi connectivity index (χ1n) is 11.0. The summed E-state index contributed by atoms with van der Waals surface area (Å²) in [5.41, 5.74) is 3.56. The number of aromatic amines is 1. The third-order valence-electron chi connectivity index (χ3n) is 6.48. The van der Waals surface area contributed by atoms with Crippen LogP contribution >= 0.6 is 0 Å². The molecule has 2 atom stereocenters. The second-order valence-corrected chi connectivity index (χ2v) is 8.40. The fraction of sp³-hybridized carbons (Fsp3) is 0.346. The molecule has 0 bridgehead atoms. The van der Waals surface area contributed by atoms with Crippen LogP contribution < -0.4 is 5.56 Å². The Kier molecular flexibility index (Phi) is 6.84. The van der Waals surface area contributed by atoms with Crippen LogP contribution in [0, 0.1) is 5.82 Å². The largest absolute Gasteiger partial charge is 0.396 e. The fourth-order valence-electron chi connectivity index (χ4n) is 4.42. The van der Waals surface area contributed by atoms with Gasteiger partial charge in [-0.2, -0.15) is 0 Å². The minimum Gasteiger partial charge on any atom is -0.396 e. The third-order valence-corrected chi connectivity index (χ3v) is 6.48. The van der Waals surface area contributed by atoms with Crippen LogP contribution in [0.3, 0.4) is 0 Å². The zero-order chi connectivity index (χ0) is 22.6. The fourth-order valence-corrected chi connectivity index (χ4v) is 4.42. The molecule has 1 saturated heterocycles. The van der Waals surface area contributed by atoms with Crippen LogP contribution in [0.2, 0.25) is 0 Å². The van der Waals surface area contributed by atoms with Gasteiger partial charge in [0.25, 0.3) is 0 Å². The van der Waals surface area contributed by atoms with Crippen molar-refractivity contribution < 1.29 is 14.2 Å². The lowest BCUT2D eigenvalue weighted by Crippen LogP contribution is -2.45. The van der Waals surface area contributed by atoms with Crippen LogP contribution in [0.4, 0.5) is 4.39 Å². The van der Waals surface area contributed by atoms with Crippen molar-refractivity contribution in [3.05, 3.63) is 94.2 Å². The number of pyridine rings is 1. The lowest BCUT2D eigenvalue weighted by molar-refractivity contribution is -0.159. The summed E-state index contributed by atoms with van der Waals surface area (Å²) in [6.45, 7) is 3.57. The first kappa shape index (κ1) is 22.4. The van der Waals surface area contributed by atoms with Crippen molar-refractivity contribution >= 4 is 0 Å². The van der Waals surface area contributed by atoms with E-state index in [9.17, 15) is 14.3 Å². The van der Waals surface area contributed by atoms with E-state index in [1.165, 1.54) is 23.8 Å². The number of hydrogen-bond donors (Lipinski definition) is 2. The maximum absolute atomic E-state index is 13.4. The quantitative estimate of drug-likeness (QED) is 0.569. The molecule has 4 rings (SSSR count). The number of ether oxygens (including phenoxy) is 1. The van der Waals surface area contributed by atoms with Crippen LogP contribution in [0.5, 0.6) is 0 Å².